The van der Waals surface area contributed by atoms with Gasteiger partial charge in [-0.05, 0) is 50.6 Å². The average molecular weight is 247 g/mol. The molecule has 1 fully saturated rings. The molecule has 0 aromatic heterocycles. The van der Waals surface area contributed by atoms with Crippen LogP contribution in [0.1, 0.15) is 30.7 Å². The quantitative estimate of drug-likeness (QED) is 0.891. The maximum absolute atomic E-state index is 12.1. The predicted molar refractivity (Wildman–Crippen MR) is 71.7 cm³/mol. The van der Waals surface area contributed by atoms with Gasteiger partial charge in [-0.15, -0.1) is 0 Å². The van der Waals surface area contributed by atoms with Crippen molar-refractivity contribution in [3.8, 4) is 5.75 Å². The first-order valence-corrected chi connectivity index (χ1v) is 6.54. The third-order valence-corrected chi connectivity index (χ3v) is 3.70. The molecule has 0 unspecified atom stereocenters. The van der Waals surface area contributed by atoms with Crippen LogP contribution in [-0.2, 0) is 4.79 Å². The van der Waals surface area contributed by atoms with Gasteiger partial charge in [-0.1, -0.05) is 12.1 Å². The van der Waals surface area contributed by atoms with Crippen molar-refractivity contribution in [1.82, 2.24) is 4.90 Å². The van der Waals surface area contributed by atoms with Crippen LogP contribution < -0.4 is 0 Å². The summed E-state index contributed by atoms with van der Waals surface area (Å²) in [5.74, 6) is 0.966. The Kier molecular flexibility index (Phi) is 4.02. The summed E-state index contributed by atoms with van der Waals surface area (Å²) in [5.41, 5.74) is 1.09. The number of aromatic hydroxyl groups is 1. The zero-order chi connectivity index (χ0) is 13.1. The smallest absolute Gasteiger partial charge is 0.137 e. The molecule has 1 aromatic carbocycles. The normalized spacial score (nSPS) is 24.5. The summed E-state index contributed by atoms with van der Waals surface area (Å²) in [6, 6.07) is 7.35. The Labute approximate surface area is 108 Å². The molecule has 0 aliphatic heterocycles. The highest BCUT2D eigenvalue weighted by Crippen LogP contribution is 2.37. The Morgan fingerprint density at radius 2 is 2.17 bits per heavy atom. The summed E-state index contributed by atoms with van der Waals surface area (Å²) in [6.45, 7) is 0.791. The van der Waals surface area contributed by atoms with Crippen molar-refractivity contribution in [2.24, 2.45) is 5.92 Å². The molecule has 0 bridgehead atoms. The molecule has 1 aliphatic rings. The minimum atomic E-state index is 0.0653. The third kappa shape index (κ3) is 2.91. The maximum atomic E-state index is 12.1. The lowest BCUT2D eigenvalue weighted by atomic mass is 9.74. The SMILES string of the molecule is CN(C)C[C@@H]1C(=O)CCC[C@H]1c1cccc(O)c1. The molecule has 3 nitrogen and oxygen atoms in total. The number of rotatable bonds is 3. The van der Waals surface area contributed by atoms with E-state index in [4.69, 9.17) is 0 Å². The molecular weight excluding hydrogens is 226 g/mol. The molecule has 0 amide bonds. The zero-order valence-corrected chi connectivity index (χ0v) is 11.1. The summed E-state index contributed by atoms with van der Waals surface area (Å²) < 4.78 is 0. The fourth-order valence-corrected chi connectivity index (χ4v) is 2.88. The van der Waals surface area contributed by atoms with E-state index in [0.29, 0.717) is 12.2 Å². The van der Waals surface area contributed by atoms with Gasteiger partial charge in [0.05, 0.1) is 0 Å². The Balaban J connectivity index is 2.25. The van der Waals surface area contributed by atoms with E-state index < -0.39 is 0 Å². The van der Waals surface area contributed by atoms with Gasteiger partial charge in [0.25, 0.3) is 0 Å². The van der Waals surface area contributed by atoms with E-state index >= 15 is 0 Å². The van der Waals surface area contributed by atoms with E-state index in [1.54, 1.807) is 12.1 Å². The molecule has 0 radical (unpaired) electrons. The molecular formula is C15H21NO2. The van der Waals surface area contributed by atoms with Gasteiger partial charge in [-0.2, -0.15) is 0 Å². The van der Waals surface area contributed by atoms with E-state index in [1.165, 1.54) is 0 Å². The van der Waals surface area contributed by atoms with E-state index in [1.807, 2.05) is 26.2 Å². The van der Waals surface area contributed by atoms with Crippen molar-refractivity contribution in [3.05, 3.63) is 29.8 Å². The summed E-state index contributed by atoms with van der Waals surface area (Å²) >= 11 is 0. The number of hydrogen-bond donors (Lipinski definition) is 1. The number of benzene rings is 1. The van der Waals surface area contributed by atoms with Crippen molar-refractivity contribution < 1.29 is 9.90 Å². The molecule has 1 saturated carbocycles. The van der Waals surface area contributed by atoms with Crippen LogP contribution in [0.15, 0.2) is 24.3 Å². The number of carbonyl (C=O) groups is 1. The molecule has 2 atom stereocenters. The van der Waals surface area contributed by atoms with Gasteiger partial charge >= 0.3 is 0 Å². The topological polar surface area (TPSA) is 40.5 Å². The monoisotopic (exact) mass is 247 g/mol. The number of carbonyl (C=O) groups excluding carboxylic acids is 1. The van der Waals surface area contributed by atoms with Crippen LogP contribution in [0.4, 0.5) is 0 Å². The third-order valence-electron chi connectivity index (χ3n) is 3.70. The lowest BCUT2D eigenvalue weighted by Crippen LogP contribution is -2.35. The van der Waals surface area contributed by atoms with Crippen LogP contribution in [0.2, 0.25) is 0 Å². The van der Waals surface area contributed by atoms with Crippen molar-refractivity contribution in [3.63, 3.8) is 0 Å². The Hall–Kier alpha value is -1.35. The van der Waals surface area contributed by atoms with Crippen molar-refractivity contribution >= 4 is 5.78 Å². The number of ketones is 1. The van der Waals surface area contributed by atoms with Crippen molar-refractivity contribution in [2.45, 2.75) is 25.2 Å². The summed E-state index contributed by atoms with van der Waals surface area (Å²) in [7, 11) is 4.00. The molecule has 0 spiro atoms. The predicted octanol–water partition coefficient (Wildman–Crippen LogP) is 2.41. The Morgan fingerprint density at radius 3 is 2.83 bits per heavy atom. The molecule has 0 heterocycles. The van der Waals surface area contributed by atoms with Crippen LogP contribution in [0.25, 0.3) is 0 Å². The molecule has 1 aromatic rings. The van der Waals surface area contributed by atoms with Gasteiger partial charge in [0.1, 0.15) is 11.5 Å². The van der Waals surface area contributed by atoms with Gasteiger partial charge in [-0.25, -0.2) is 0 Å². The number of phenolic OH excluding ortho intramolecular Hbond substituents is 1. The van der Waals surface area contributed by atoms with Crippen LogP contribution in [0.3, 0.4) is 0 Å². The molecule has 0 saturated heterocycles. The first-order chi connectivity index (χ1) is 8.58. The van der Waals surface area contributed by atoms with Gasteiger partial charge in [0.15, 0.2) is 0 Å². The largest absolute Gasteiger partial charge is 0.508 e. The van der Waals surface area contributed by atoms with Crippen LogP contribution in [-0.4, -0.2) is 36.4 Å². The van der Waals surface area contributed by atoms with Crippen molar-refractivity contribution in [1.29, 1.82) is 0 Å². The molecule has 2 rings (SSSR count). The van der Waals surface area contributed by atoms with Crippen LogP contribution in [0.5, 0.6) is 5.75 Å². The molecule has 3 heteroatoms. The van der Waals surface area contributed by atoms with E-state index in [9.17, 15) is 9.90 Å². The zero-order valence-electron chi connectivity index (χ0n) is 11.1. The highest BCUT2D eigenvalue weighted by atomic mass is 16.3. The van der Waals surface area contributed by atoms with E-state index in [0.717, 1.165) is 24.9 Å². The highest BCUT2D eigenvalue weighted by molar-refractivity contribution is 5.83. The first kappa shape index (κ1) is 13.1. The van der Waals surface area contributed by atoms with E-state index in [2.05, 4.69) is 4.90 Å². The number of phenols is 1. The minimum Gasteiger partial charge on any atom is -0.508 e. The lowest BCUT2D eigenvalue weighted by molar-refractivity contribution is -0.125. The second-order valence-electron chi connectivity index (χ2n) is 5.43. The lowest BCUT2D eigenvalue weighted by Gasteiger charge is -2.32. The Morgan fingerprint density at radius 1 is 1.39 bits per heavy atom. The standard InChI is InChI=1S/C15H21NO2/c1-16(2)10-14-13(7-4-8-15(14)18)11-5-3-6-12(17)9-11/h3,5-6,9,13-14,17H,4,7-8,10H2,1-2H3/t13-,14-/m0/s1. The van der Waals surface area contributed by atoms with E-state index in [-0.39, 0.29) is 17.6 Å². The average Bonchev–Trinajstić information content (AvgIpc) is 2.31. The molecule has 18 heavy (non-hydrogen) atoms. The fourth-order valence-electron chi connectivity index (χ4n) is 2.88. The highest BCUT2D eigenvalue weighted by Gasteiger charge is 2.33. The van der Waals surface area contributed by atoms with Crippen LogP contribution in [0, 0.1) is 5.92 Å². The molecule has 1 N–H and O–H groups in total. The molecule has 98 valence electrons. The Bertz CT molecular complexity index is 428. The van der Waals surface area contributed by atoms with Crippen LogP contribution >= 0.6 is 0 Å². The van der Waals surface area contributed by atoms with Gasteiger partial charge in [-0.3, -0.25) is 4.79 Å². The number of Topliss-reactive ketones (excluding diaryl/α,β-unsaturated/α-hetero) is 1. The summed E-state index contributed by atoms with van der Waals surface area (Å²) in [5, 5.41) is 9.58. The van der Waals surface area contributed by atoms with Gasteiger partial charge < -0.3 is 10.0 Å². The minimum absolute atomic E-state index is 0.0653. The number of nitrogens with zero attached hydrogens (tertiary/aromatic N) is 1. The maximum Gasteiger partial charge on any atom is 0.137 e. The van der Waals surface area contributed by atoms with Crippen molar-refractivity contribution in [2.75, 3.05) is 20.6 Å². The summed E-state index contributed by atoms with van der Waals surface area (Å²) in [4.78, 5) is 14.2. The summed E-state index contributed by atoms with van der Waals surface area (Å²) in [6.07, 6.45) is 2.70. The van der Waals surface area contributed by atoms with Gasteiger partial charge in [0.2, 0.25) is 0 Å². The first-order valence-electron chi connectivity index (χ1n) is 6.54. The van der Waals surface area contributed by atoms with Gasteiger partial charge in [0, 0.05) is 18.9 Å². The number of hydrogen-bond acceptors (Lipinski definition) is 3. The molecule has 1 aliphatic carbocycles. The fraction of sp³-hybridized carbons (Fsp3) is 0.533. The second-order valence-corrected chi connectivity index (χ2v) is 5.43. The second kappa shape index (κ2) is 5.53.